The zero-order valence-electron chi connectivity index (χ0n) is 9.70. The number of hydrogen-bond donors (Lipinski definition) is 2. The summed E-state index contributed by atoms with van der Waals surface area (Å²) in [6.07, 6.45) is 0. The second-order valence-electron chi connectivity index (χ2n) is 4.77. The normalized spacial score (nSPS) is 11.9. The molecule has 3 N–H and O–H groups in total. The Hall–Kier alpha value is -1.54. The van der Waals surface area contributed by atoms with Crippen molar-refractivity contribution in [2.45, 2.75) is 19.3 Å². The molecular weight excluding hydrogens is 198 g/mol. The van der Waals surface area contributed by atoms with Crippen LogP contribution in [0.4, 0.5) is 0 Å². The molecule has 0 amide bonds. The van der Waals surface area contributed by atoms with E-state index in [1.807, 2.05) is 24.3 Å². The molecule has 2 rings (SSSR count). The number of aromatic hydroxyl groups is 1. The second-order valence-corrected chi connectivity index (χ2v) is 4.77. The molecule has 2 aromatic rings. The van der Waals surface area contributed by atoms with Crippen LogP contribution < -0.4 is 5.73 Å². The summed E-state index contributed by atoms with van der Waals surface area (Å²) in [4.78, 5) is 0. The predicted molar refractivity (Wildman–Crippen MR) is 67.7 cm³/mol. The van der Waals surface area contributed by atoms with Crippen molar-refractivity contribution in [3.8, 4) is 5.75 Å². The number of hydrogen-bond acceptors (Lipinski definition) is 2. The summed E-state index contributed by atoms with van der Waals surface area (Å²) in [7, 11) is 0. The fourth-order valence-electron chi connectivity index (χ4n) is 1.99. The van der Waals surface area contributed by atoms with Crippen molar-refractivity contribution >= 4 is 10.8 Å². The van der Waals surface area contributed by atoms with Crippen LogP contribution >= 0.6 is 0 Å². The Morgan fingerprint density at radius 2 is 1.69 bits per heavy atom. The minimum Gasteiger partial charge on any atom is -0.507 e. The summed E-state index contributed by atoms with van der Waals surface area (Å²) in [5.41, 5.74) is 6.91. The number of rotatable bonds is 2. The summed E-state index contributed by atoms with van der Waals surface area (Å²) in [6.45, 7) is 4.82. The molecular formula is C14H17NO. The average Bonchev–Trinajstić information content (AvgIpc) is 2.29. The Morgan fingerprint density at radius 3 is 2.38 bits per heavy atom. The largest absolute Gasteiger partial charge is 0.507 e. The van der Waals surface area contributed by atoms with Crippen molar-refractivity contribution < 1.29 is 5.11 Å². The van der Waals surface area contributed by atoms with Crippen molar-refractivity contribution in [1.82, 2.24) is 0 Å². The van der Waals surface area contributed by atoms with Gasteiger partial charge in [0.25, 0.3) is 0 Å². The van der Waals surface area contributed by atoms with Gasteiger partial charge in [-0.05, 0) is 17.0 Å². The Labute approximate surface area is 95.7 Å². The molecule has 2 aromatic carbocycles. The lowest BCUT2D eigenvalue weighted by Crippen LogP contribution is -2.28. The van der Waals surface area contributed by atoms with Gasteiger partial charge in [-0.25, -0.2) is 0 Å². The number of benzene rings is 2. The maximum absolute atomic E-state index is 9.80. The molecule has 0 aliphatic carbocycles. The molecule has 0 aliphatic heterocycles. The van der Waals surface area contributed by atoms with Crippen molar-refractivity contribution in [2.75, 3.05) is 6.54 Å². The Kier molecular flexibility index (Phi) is 2.60. The fraction of sp³-hybridized carbons (Fsp3) is 0.286. The molecule has 0 aromatic heterocycles. The molecule has 16 heavy (non-hydrogen) atoms. The van der Waals surface area contributed by atoms with Crippen molar-refractivity contribution in [3.05, 3.63) is 42.0 Å². The molecule has 84 valence electrons. The van der Waals surface area contributed by atoms with Gasteiger partial charge in [-0.1, -0.05) is 44.2 Å². The molecule has 2 nitrogen and oxygen atoms in total. The minimum absolute atomic E-state index is 0.0761. The topological polar surface area (TPSA) is 46.2 Å². The van der Waals surface area contributed by atoms with Gasteiger partial charge in [0, 0.05) is 17.3 Å². The van der Waals surface area contributed by atoms with Crippen LogP contribution in [0.3, 0.4) is 0 Å². The van der Waals surface area contributed by atoms with Crippen molar-refractivity contribution in [1.29, 1.82) is 0 Å². The first kappa shape index (κ1) is 11.0. The molecule has 0 aliphatic rings. The lowest BCUT2D eigenvalue weighted by atomic mass is 9.82. The minimum atomic E-state index is -0.0761. The molecule has 0 saturated heterocycles. The molecule has 2 heteroatoms. The van der Waals surface area contributed by atoms with Gasteiger partial charge < -0.3 is 10.8 Å². The van der Waals surface area contributed by atoms with Crippen LogP contribution in [-0.2, 0) is 5.41 Å². The highest BCUT2D eigenvalue weighted by Crippen LogP contribution is 2.33. The van der Waals surface area contributed by atoms with Gasteiger partial charge in [-0.15, -0.1) is 0 Å². The molecule has 0 unspecified atom stereocenters. The van der Waals surface area contributed by atoms with Crippen LogP contribution in [0.1, 0.15) is 19.4 Å². The molecule has 0 bridgehead atoms. The number of nitrogens with two attached hydrogens (primary N) is 1. The summed E-state index contributed by atoms with van der Waals surface area (Å²) in [5, 5.41) is 11.8. The van der Waals surface area contributed by atoms with Gasteiger partial charge >= 0.3 is 0 Å². The fourth-order valence-corrected chi connectivity index (χ4v) is 1.99. The van der Waals surface area contributed by atoms with Crippen LogP contribution in [0.5, 0.6) is 5.75 Å². The summed E-state index contributed by atoms with van der Waals surface area (Å²) in [6, 6.07) is 11.6. The first-order chi connectivity index (χ1) is 7.56. The highest BCUT2D eigenvalue weighted by molar-refractivity contribution is 5.91. The van der Waals surface area contributed by atoms with Gasteiger partial charge in [-0.2, -0.15) is 0 Å². The van der Waals surface area contributed by atoms with E-state index >= 15 is 0 Å². The Bertz CT molecular complexity index is 517. The van der Waals surface area contributed by atoms with E-state index < -0.39 is 0 Å². The van der Waals surface area contributed by atoms with Gasteiger partial charge in [0.1, 0.15) is 5.75 Å². The van der Waals surface area contributed by atoms with E-state index in [0.717, 1.165) is 10.8 Å². The Morgan fingerprint density at radius 1 is 1.06 bits per heavy atom. The van der Waals surface area contributed by atoms with Crippen LogP contribution in [0.15, 0.2) is 36.4 Å². The summed E-state index contributed by atoms with van der Waals surface area (Å²) < 4.78 is 0. The number of phenolic OH excluding ortho intramolecular Hbond substituents is 1. The van der Waals surface area contributed by atoms with Gasteiger partial charge in [0.15, 0.2) is 0 Å². The smallest absolute Gasteiger partial charge is 0.123 e. The van der Waals surface area contributed by atoms with E-state index in [1.165, 1.54) is 5.56 Å². The maximum atomic E-state index is 9.80. The van der Waals surface area contributed by atoms with E-state index in [0.29, 0.717) is 12.3 Å². The monoisotopic (exact) mass is 215 g/mol. The first-order valence-electron chi connectivity index (χ1n) is 5.47. The molecule has 0 atom stereocenters. The predicted octanol–water partition coefficient (Wildman–Crippen LogP) is 2.78. The zero-order chi connectivity index (χ0) is 11.8. The molecule has 0 heterocycles. The van der Waals surface area contributed by atoms with Crippen molar-refractivity contribution in [2.24, 2.45) is 5.73 Å². The third-order valence-corrected chi connectivity index (χ3v) is 3.14. The second kappa shape index (κ2) is 3.80. The molecule has 0 fully saturated rings. The highest BCUT2D eigenvalue weighted by atomic mass is 16.3. The van der Waals surface area contributed by atoms with Crippen LogP contribution in [0.25, 0.3) is 10.8 Å². The molecule has 0 spiro atoms. The molecule has 0 radical (unpaired) electrons. The maximum Gasteiger partial charge on any atom is 0.123 e. The number of fused-ring (bicyclic) bond motifs is 1. The van der Waals surface area contributed by atoms with Crippen LogP contribution in [0, 0.1) is 0 Å². The first-order valence-corrected chi connectivity index (χ1v) is 5.47. The van der Waals surface area contributed by atoms with E-state index in [2.05, 4.69) is 19.9 Å². The average molecular weight is 215 g/mol. The quantitative estimate of drug-likeness (QED) is 0.809. The van der Waals surface area contributed by atoms with Gasteiger partial charge in [0.05, 0.1) is 0 Å². The SMILES string of the molecule is CC(C)(CN)c1cccc2c(O)cccc12. The van der Waals surface area contributed by atoms with Crippen LogP contribution in [-0.4, -0.2) is 11.7 Å². The summed E-state index contributed by atoms with van der Waals surface area (Å²) >= 11 is 0. The Balaban J connectivity index is 2.77. The highest BCUT2D eigenvalue weighted by Gasteiger charge is 2.21. The zero-order valence-corrected chi connectivity index (χ0v) is 9.70. The van der Waals surface area contributed by atoms with E-state index in [1.54, 1.807) is 6.07 Å². The van der Waals surface area contributed by atoms with Crippen LogP contribution in [0.2, 0.25) is 0 Å². The third-order valence-electron chi connectivity index (χ3n) is 3.14. The standard InChI is InChI=1S/C14H17NO/c1-14(2,9-15)12-7-3-6-11-10(12)5-4-8-13(11)16/h3-8,16H,9,15H2,1-2H3. The molecule has 0 saturated carbocycles. The summed E-state index contributed by atoms with van der Waals surface area (Å²) in [5.74, 6) is 0.326. The van der Waals surface area contributed by atoms with Gasteiger partial charge in [-0.3, -0.25) is 0 Å². The van der Waals surface area contributed by atoms with Gasteiger partial charge in [0.2, 0.25) is 0 Å². The van der Waals surface area contributed by atoms with E-state index in [9.17, 15) is 5.11 Å². The van der Waals surface area contributed by atoms with E-state index in [-0.39, 0.29) is 5.41 Å². The van der Waals surface area contributed by atoms with E-state index in [4.69, 9.17) is 5.73 Å². The lowest BCUT2D eigenvalue weighted by molar-refractivity contribution is 0.481. The third kappa shape index (κ3) is 1.65. The number of phenols is 1. The van der Waals surface area contributed by atoms with Crippen molar-refractivity contribution in [3.63, 3.8) is 0 Å². The lowest BCUT2D eigenvalue weighted by Gasteiger charge is -2.25.